The van der Waals surface area contributed by atoms with Gasteiger partial charge in [-0.25, -0.2) is 9.78 Å². The van der Waals surface area contributed by atoms with E-state index >= 15 is 0 Å². The number of nitrogens with one attached hydrogen (secondary N) is 1. The lowest BCUT2D eigenvalue weighted by Gasteiger charge is -2.08. The van der Waals surface area contributed by atoms with Crippen LogP contribution in [0.15, 0.2) is 18.3 Å². The molecule has 94 valence electrons. The molecule has 0 spiro atoms. The highest BCUT2D eigenvalue weighted by molar-refractivity contribution is 5.88. The fourth-order valence-corrected chi connectivity index (χ4v) is 1.50. The van der Waals surface area contributed by atoms with Gasteiger partial charge in [0, 0.05) is 18.4 Å². The maximum atomic E-state index is 11.3. The normalized spacial score (nSPS) is 10.4. The molecule has 1 aromatic rings. The van der Waals surface area contributed by atoms with Crippen LogP contribution in [0.25, 0.3) is 0 Å². The summed E-state index contributed by atoms with van der Waals surface area (Å²) in [4.78, 5) is 15.2. The lowest BCUT2D eigenvalue weighted by atomic mass is 10.1. The summed E-state index contributed by atoms with van der Waals surface area (Å²) in [6, 6.07) is 3.56. The molecule has 0 saturated carbocycles. The molecule has 1 aromatic heterocycles. The van der Waals surface area contributed by atoms with Gasteiger partial charge in [0.2, 0.25) is 0 Å². The van der Waals surface area contributed by atoms with E-state index in [1.807, 2.05) is 6.07 Å². The third-order valence-corrected chi connectivity index (χ3v) is 2.44. The summed E-state index contributed by atoms with van der Waals surface area (Å²) in [5.41, 5.74) is 1.24. The Morgan fingerprint density at radius 3 is 2.94 bits per heavy atom. The molecule has 1 N–H and O–H groups in total. The van der Waals surface area contributed by atoms with Crippen molar-refractivity contribution in [2.24, 2.45) is 5.92 Å². The van der Waals surface area contributed by atoms with Crippen LogP contribution in [-0.2, 0) is 4.74 Å². The SMILES string of the molecule is COC(=O)c1cc(NCCCC(C)C)ccn1. The first-order valence-corrected chi connectivity index (χ1v) is 5.91. The van der Waals surface area contributed by atoms with Crippen molar-refractivity contribution in [1.29, 1.82) is 0 Å². The van der Waals surface area contributed by atoms with Crippen LogP contribution in [0.4, 0.5) is 5.69 Å². The molecule has 4 nitrogen and oxygen atoms in total. The number of rotatable bonds is 6. The predicted octanol–water partition coefficient (Wildman–Crippen LogP) is 2.72. The van der Waals surface area contributed by atoms with Gasteiger partial charge in [-0.2, -0.15) is 0 Å². The second-order valence-electron chi connectivity index (χ2n) is 4.38. The number of esters is 1. The zero-order valence-electron chi connectivity index (χ0n) is 10.7. The van der Waals surface area contributed by atoms with Gasteiger partial charge in [-0.3, -0.25) is 0 Å². The Bertz CT molecular complexity index is 364. The number of carbonyl (C=O) groups excluding carboxylic acids is 1. The van der Waals surface area contributed by atoms with Crippen molar-refractivity contribution < 1.29 is 9.53 Å². The molecule has 0 fully saturated rings. The summed E-state index contributed by atoms with van der Waals surface area (Å²) in [7, 11) is 1.35. The minimum atomic E-state index is -0.407. The Kier molecular flexibility index (Phi) is 5.46. The Morgan fingerprint density at radius 2 is 2.29 bits per heavy atom. The van der Waals surface area contributed by atoms with E-state index < -0.39 is 5.97 Å². The minimum Gasteiger partial charge on any atom is -0.464 e. The zero-order chi connectivity index (χ0) is 12.7. The maximum Gasteiger partial charge on any atom is 0.356 e. The lowest BCUT2D eigenvalue weighted by molar-refractivity contribution is 0.0594. The van der Waals surface area contributed by atoms with Crippen LogP contribution in [0.1, 0.15) is 37.2 Å². The van der Waals surface area contributed by atoms with Gasteiger partial charge in [-0.15, -0.1) is 0 Å². The van der Waals surface area contributed by atoms with Crippen LogP contribution in [0, 0.1) is 5.92 Å². The van der Waals surface area contributed by atoms with E-state index in [2.05, 4.69) is 28.9 Å². The van der Waals surface area contributed by atoms with Crippen LogP contribution in [-0.4, -0.2) is 24.6 Å². The average Bonchev–Trinajstić information content (AvgIpc) is 2.34. The second-order valence-corrected chi connectivity index (χ2v) is 4.38. The Balaban J connectivity index is 2.46. The van der Waals surface area contributed by atoms with E-state index in [0.29, 0.717) is 5.69 Å². The molecule has 0 aromatic carbocycles. The Hall–Kier alpha value is -1.58. The minimum absolute atomic E-state index is 0.335. The molecule has 0 aliphatic heterocycles. The lowest BCUT2D eigenvalue weighted by Crippen LogP contribution is -2.07. The van der Waals surface area contributed by atoms with Crippen LogP contribution in [0.3, 0.4) is 0 Å². The highest BCUT2D eigenvalue weighted by Gasteiger charge is 2.06. The number of hydrogen-bond acceptors (Lipinski definition) is 4. The number of anilines is 1. The predicted molar refractivity (Wildman–Crippen MR) is 68.1 cm³/mol. The van der Waals surface area contributed by atoms with Gasteiger partial charge in [0.15, 0.2) is 0 Å². The molecule has 0 saturated heterocycles. The highest BCUT2D eigenvalue weighted by Crippen LogP contribution is 2.10. The number of aromatic nitrogens is 1. The summed E-state index contributed by atoms with van der Waals surface area (Å²) in [5.74, 6) is 0.315. The molecule has 0 unspecified atom stereocenters. The van der Waals surface area contributed by atoms with Gasteiger partial charge in [0.1, 0.15) is 5.69 Å². The monoisotopic (exact) mass is 236 g/mol. The smallest absolute Gasteiger partial charge is 0.356 e. The summed E-state index contributed by atoms with van der Waals surface area (Å²) in [6.07, 6.45) is 3.92. The molecule has 0 radical (unpaired) electrons. The number of ether oxygens (including phenoxy) is 1. The molecule has 0 amide bonds. The third-order valence-electron chi connectivity index (χ3n) is 2.44. The second kappa shape index (κ2) is 6.89. The van der Waals surface area contributed by atoms with Crippen molar-refractivity contribution in [2.45, 2.75) is 26.7 Å². The molecule has 1 rings (SSSR count). The fourth-order valence-electron chi connectivity index (χ4n) is 1.50. The molecular weight excluding hydrogens is 216 g/mol. The largest absolute Gasteiger partial charge is 0.464 e. The summed E-state index contributed by atoms with van der Waals surface area (Å²) in [6.45, 7) is 5.33. The van der Waals surface area contributed by atoms with E-state index in [1.54, 1.807) is 12.3 Å². The van der Waals surface area contributed by atoms with Gasteiger partial charge in [-0.1, -0.05) is 13.8 Å². The maximum absolute atomic E-state index is 11.3. The first-order valence-electron chi connectivity index (χ1n) is 5.91. The quantitative estimate of drug-likeness (QED) is 0.609. The molecule has 1 heterocycles. The molecule has 0 bridgehead atoms. The van der Waals surface area contributed by atoms with Gasteiger partial charge in [-0.05, 0) is 30.9 Å². The van der Waals surface area contributed by atoms with E-state index in [-0.39, 0.29) is 0 Å². The molecule has 0 atom stereocenters. The first-order chi connectivity index (χ1) is 8.13. The van der Waals surface area contributed by atoms with E-state index in [4.69, 9.17) is 0 Å². The van der Waals surface area contributed by atoms with Gasteiger partial charge in [0.25, 0.3) is 0 Å². The van der Waals surface area contributed by atoms with E-state index in [9.17, 15) is 4.79 Å². The van der Waals surface area contributed by atoms with Crippen LogP contribution < -0.4 is 5.32 Å². The highest BCUT2D eigenvalue weighted by atomic mass is 16.5. The van der Waals surface area contributed by atoms with Gasteiger partial charge < -0.3 is 10.1 Å². The summed E-state index contributed by atoms with van der Waals surface area (Å²) in [5, 5.41) is 3.27. The standard InChI is InChI=1S/C13H20N2O2/c1-10(2)5-4-7-14-11-6-8-15-12(9-11)13(16)17-3/h6,8-10H,4-5,7H2,1-3H3,(H,14,15). The van der Waals surface area contributed by atoms with Crippen LogP contribution >= 0.6 is 0 Å². The van der Waals surface area contributed by atoms with Crippen molar-refractivity contribution in [1.82, 2.24) is 4.98 Å². The van der Waals surface area contributed by atoms with Gasteiger partial charge in [0.05, 0.1) is 7.11 Å². The molecule has 17 heavy (non-hydrogen) atoms. The van der Waals surface area contributed by atoms with Crippen molar-refractivity contribution in [3.63, 3.8) is 0 Å². The third kappa shape index (κ3) is 4.85. The molecule has 0 aliphatic rings. The number of hydrogen-bond donors (Lipinski definition) is 1. The van der Waals surface area contributed by atoms with Gasteiger partial charge >= 0.3 is 5.97 Å². The van der Waals surface area contributed by atoms with Crippen molar-refractivity contribution >= 4 is 11.7 Å². The average molecular weight is 236 g/mol. The number of carbonyl (C=O) groups is 1. The van der Waals surface area contributed by atoms with Crippen LogP contribution in [0.5, 0.6) is 0 Å². The Labute approximate surface area is 102 Å². The fraction of sp³-hybridized carbons (Fsp3) is 0.538. The van der Waals surface area contributed by atoms with E-state index in [1.165, 1.54) is 13.5 Å². The number of methoxy groups -OCH3 is 1. The van der Waals surface area contributed by atoms with Crippen molar-refractivity contribution in [2.75, 3.05) is 19.0 Å². The first kappa shape index (κ1) is 13.5. The molecule has 0 aliphatic carbocycles. The Morgan fingerprint density at radius 1 is 1.53 bits per heavy atom. The number of pyridine rings is 1. The van der Waals surface area contributed by atoms with Crippen molar-refractivity contribution in [3.8, 4) is 0 Å². The topological polar surface area (TPSA) is 51.2 Å². The van der Waals surface area contributed by atoms with Crippen LogP contribution in [0.2, 0.25) is 0 Å². The summed E-state index contributed by atoms with van der Waals surface area (Å²) >= 11 is 0. The number of nitrogens with zero attached hydrogens (tertiary/aromatic N) is 1. The molecule has 4 heteroatoms. The van der Waals surface area contributed by atoms with Crippen molar-refractivity contribution in [3.05, 3.63) is 24.0 Å². The zero-order valence-corrected chi connectivity index (χ0v) is 10.7. The van der Waals surface area contributed by atoms with E-state index in [0.717, 1.165) is 24.6 Å². The summed E-state index contributed by atoms with van der Waals surface area (Å²) < 4.78 is 4.62. The molecular formula is C13H20N2O2.